The highest BCUT2D eigenvalue weighted by Gasteiger charge is 2.79. The molecule has 3 aromatic rings. The molecule has 1 aliphatic heterocycles. The number of nitrogens with zero attached hydrogens (tertiary/aromatic N) is 5. The van der Waals surface area contributed by atoms with E-state index < -0.39 is 17.0 Å². The van der Waals surface area contributed by atoms with Gasteiger partial charge >= 0.3 is 6.18 Å². The van der Waals surface area contributed by atoms with Gasteiger partial charge < -0.3 is 4.74 Å². The Morgan fingerprint density at radius 3 is 2.54 bits per heavy atom. The summed E-state index contributed by atoms with van der Waals surface area (Å²) in [5.41, 5.74) is 1.21. The Balaban J connectivity index is 1.24. The first-order valence-corrected chi connectivity index (χ1v) is 12.6. The molecule has 3 aromatic heterocycles. The van der Waals surface area contributed by atoms with E-state index in [1.165, 1.54) is 12.8 Å². The number of alkyl halides is 3. The predicted octanol–water partition coefficient (Wildman–Crippen LogP) is 5.87. The summed E-state index contributed by atoms with van der Waals surface area (Å²) in [5, 5.41) is 5.32. The summed E-state index contributed by atoms with van der Waals surface area (Å²) in [5.74, 6) is 0.730. The Bertz CT molecular complexity index is 1310. The average Bonchev–Trinajstić information content (AvgIpc) is 3.46. The molecule has 0 spiro atoms. The molecule has 35 heavy (non-hydrogen) atoms. The second-order valence-corrected chi connectivity index (χ2v) is 11.4. The molecule has 1 saturated heterocycles. The summed E-state index contributed by atoms with van der Waals surface area (Å²) in [7, 11) is 0. The van der Waals surface area contributed by atoms with Crippen molar-refractivity contribution >= 4 is 11.0 Å². The van der Waals surface area contributed by atoms with Gasteiger partial charge in [0.2, 0.25) is 0 Å². The number of hydrogen-bond acceptors (Lipinski definition) is 5. The summed E-state index contributed by atoms with van der Waals surface area (Å²) in [4.78, 5) is 14.5. The summed E-state index contributed by atoms with van der Waals surface area (Å²) >= 11 is 0. The smallest absolute Gasteiger partial charge is 0.370 e. The molecule has 8 rings (SSSR count). The number of halogens is 3. The zero-order chi connectivity index (χ0) is 24.2. The van der Waals surface area contributed by atoms with Crippen LogP contribution in [0, 0.1) is 12.3 Å². The number of pyridine rings is 1. The van der Waals surface area contributed by atoms with Crippen molar-refractivity contribution in [3.05, 3.63) is 47.3 Å². The van der Waals surface area contributed by atoms with Gasteiger partial charge in [0.05, 0.1) is 35.6 Å². The van der Waals surface area contributed by atoms with Crippen molar-refractivity contribution in [1.82, 2.24) is 24.7 Å². The van der Waals surface area contributed by atoms with Gasteiger partial charge in [-0.25, -0.2) is 15.0 Å². The fourth-order valence-electron chi connectivity index (χ4n) is 6.68. The van der Waals surface area contributed by atoms with Gasteiger partial charge in [-0.05, 0) is 70.9 Å². The van der Waals surface area contributed by atoms with Crippen LogP contribution in [0.1, 0.15) is 92.7 Å². The quantitative estimate of drug-likeness (QED) is 0.464. The van der Waals surface area contributed by atoms with Crippen LogP contribution in [-0.2, 0) is 10.2 Å². The maximum atomic E-state index is 13.6. The first kappa shape index (κ1) is 21.7. The Labute approximate surface area is 201 Å². The van der Waals surface area contributed by atoms with Gasteiger partial charge in [0.15, 0.2) is 5.65 Å². The highest BCUT2D eigenvalue weighted by Crippen LogP contribution is 2.78. The molecule has 2 bridgehead atoms. The molecule has 3 atom stereocenters. The van der Waals surface area contributed by atoms with Gasteiger partial charge in [-0.1, -0.05) is 0 Å². The van der Waals surface area contributed by atoms with Crippen LogP contribution < -0.4 is 0 Å². The molecule has 0 radical (unpaired) electrons. The molecule has 4 saturated carbocycles. The largest absolute Gasteiger partial charge is 0.394 e. The second kappa shape index (κ2) is 7.02. The lowest BCUT2D eigenvalue weighted by molar-refractivity contribution is -0.337. The van der Waals surface area contributed by atoms with Crippen molar-refractivity contribution in [3.63, 3.8) is 0 Å². The number of aromatic nitrogens is 5. The molecule has 0 unspecified atom stereocenters. The maximum Gasteiger partial charge on any atom is 0.394 e. The number of ether oxygens (including phenoxy) is 1. The summed E-state index contributed by atoms with van der Waals surface area (Å²) in [6.07, 6.45) is 3.94. The van der Waals surface area contributed by atoms with E-state index >= 15 is 0 Å². The van der Waals surface area contributed by atoms with E-state index in [-0.39, 0.29) is 37.4 Å². The Hall–Kier alpha value is -2.55. The third kappa shape index (κ3) is 3.26. The van der Waals surface area contributed by atoms with E-state index in [9.17, 15) is 13.2 Å². The lowest BCUT2D eigenvalue weighted by atomic mass is 9.33. The third-order valence-electron chi connectivity index (χ3n) is 8.64. The fourth-order valence-corrected chi connectivity index (χ4v) is 6.68. The highest BCUT2D eigenvalue weighted by molar-refractivity contribution is 5.79. The normalized spacial score (nSPS) is 34.5. The molecular formula is C26H28F3N5O. The molecule has 9 heteroatoms. The standard InChI is InChI=1S/C26H28F3N5O/c1-14-3-6-19-21(24-11-25(12-24,13-24)26(27,28)29)32-22(33-23(19)31-14)16-7-15(2)35-20(8-16)17-9-30-34(10-17)18-4-5-18/h3,6,9-10,15-16,18,20H,4-5,7-8,11-13H2,1-2H3/t15-,16+,20-,24?,25?/m0/s1. The van der Waals surface area contributed by atoms with Crippen LogP contribution in [0.5, 0.6) is 0 Å². The first-order chi connectivity index (χ1) is 16.6. The van der Waals surface area contributed by atoms with E-state index in [1.807, 2.05) is 29.9 Å². The van der Waals surface area contributed by atoms with E-state index in [0.717, 1.165) is 35.2 Å². The van der Waals surface area contributed by atoms with Gasteiger partial charge in [0, 0.05) is 34.2 Å². The minimum Gasteiger partial charge on any atom is -0.370 e. The number of rotatable bonds is 4. The Morgan fingerprint density at radius 1 is 1.06 bits per heavy atom. The second-order valence-electron chi connectivity index (χ2n) is 11.4. The van der Waals surface area contributed by atoms with Gasteiger partial charge in [-0.15, -0.1) is 0 Å². The van der Waals surface area contributed by atoms with Crippen LogP contribution in [-0.4, -0.2) is 37.0 Å². The van der Waals surface area contributed by atoms with E-state index in [1.54, 1.807) is 0 Å². The molecule has 5 fully saturated rings. The van der Waals surface area contributed by atoms with Crippen LogP contribution in [0.15, 0.2) is 24.5 Å². The lowest BCUT2D eigenvalue weighted by Gasteiger charge is -2.70. The van der Waals surface area contributed by atoms with Crippen molar-refractivity contribution < 1.29 is 17.9 Å². The monoisotopic (exact) mass is 483 g/mol. The SMILES string of the molecule is Cc1ccc2c(C34CC(C(F)(F)F)(C3)C4)nc([C@H]3C[C@@H](c4cnn(C5CC5)c4)O[C@@H](C)C3)nc2n1. The molecule has 0 amide bonds. The van der Waals surface area contributed by atoms with E-state index in [4.69, 9.17) is 14.7 Å². The Kier molecular flexibility index (Phi) is 4.35. The van der Waals surface area contributed by atoms with Crippen LogP contribution in [0.25, 0.3) is 11.0 Å². The Morgan fingerprint density at radius 2 is 1.83 bits per heavy atom. The number of fused-ring (bicyclic) bond motifs is 1. The van der Waals surface area contributed by atoms with Crippen LogP contribution in [0.3, 0.4) is 0 Å². The number of hydrogen-bond donors (Lipinski definition) is 0. The first-order valence-electron chi connectivity index (χ1n) is 12.6. The minimum atomic E-state index is -4.15. The van der Waals surface area contributed by atoms with Gasteiger partial charge in [-0.3, -0.25) is 4.68 Å². The maximum absolute atomic E-state index is 13.6. The molecule has 4 heterocycles. The fraction of sp³-hybridized carbons (Fsp3) is 0.615. The molecule has 184 valence electrons. The van der Waals surface area contributed by atoms with Crippen molar-refractivity contribution in [2.75, 3.05) is 0 Å². The molecule has 0 N–H and O–H groups in total. The molecular weight excluding hydrogens is 455 g/mol. The molecule has 5 aliphatic rings. The van der Waals surface area contributed by atoms with E-state index in [2.05, 4.69) is 23.2 Å². The third-order valence-corrected chi connectivity index (χ3v) is 8.64. The zero-order valence-electron chi connectivity index (χ0n) is 19.8. The highest BCUT2D eigenvalue weighted by atomic mass is 19.4. The molecule has 6 nitrogen and oxygen atoms in total. The van der Waals surface area contributed by atoms with Crippen molar-refractivity contribution in [2.24, 2.45) is 5.41 Å². The zero-order valence-corrected chi connectivity index (χ0v) is 19.8. The van der Waals surface area contributed by atoms with Crippen molar-refractivity contribution in [3.8, 4) is 0 Å². The predicted molar refractivity (Wildman–Crippen MR) is 122 cm³/mol. The summed E-state index contributed by atoms with van der Waals surface area (Å²) in [6, 6.07) is 4.33. The van der Waals surface area contributed by atoms with Crippen LogP contribution in [0.2, 0.25) is 0 Å². The lowest BCUT2D eigenvalue weighted by Crippen LogP contribution is -2.70. The summed E-state index contributed by atoms with van der Waals surface area (Å²) in [6.45, 7) is 3.97. The van der Waals surface area contributed by atoms with Crippen molar-refractivity contribution in [1.29, 1.82) is 0 Å². The van der Waals surface area contributed by atoms with Crippen LogP contribution in [0.4, 0.5) is 13.2 Å². The molecule has 4 aliphatic carbocycles. The van der Waals surface area contributed by atoms with Gasteiger partial charge in [0.1, 0.15) is 5.82 Å². The molecule has 0 aromatic carbocycles. The topological polar surface area (TPSA) is 65.7 Å². The summed E-state index contributed by atoms with van der Waals surface area (Å²) < 4.78 is 49.1. The number of aryl methyl sites for hydroxylation is 1. The van der Waals surface area contributed by atoms with Crippen LogP contribution >= 0.6 is 0 Å². The average molecular weight is 484 g/mol. The van der Waals surface area contributed by atoms with E-state index in [0.29, 0.717) is 17.5 Å². The van der Waals surface area contributed by atoms with Gasteiger partial charge in [0.25, 0.3) is 0 Å². The minimum absolute atomic E-state index is 0.0136. The van der Waals surface area contributed by atoms with Crippen molar-refractivity contribution in [2.45, 2.75) is 94.6 Å². The van der Waals surface area contributed by atoms with Gasteiger partial charge in [-0.2, -0.15) is 18.3 Å².